The summed E-state index contributed by atoms with van der Waals surface area (Å²) in [6.45, 7) is 3.03. The van der Waals surface area contributed by atoms with Crippen LogP contribution in [0.25, 0.3) is 0 Å². The SMILES string of the molecule is F[C](F)F.[CH2]CCCCCCCCCCC. The topological polar surface area (TPSA) is 0 Å². The first-order valence-corrected chi connectivity index (χ1v) is 6.27. The standard InChI is InChI=1S/C12H25.CF3/c1-3-5-7-9-11-12-10-8-6-4-2;2-1(3)4/h1,3-12H2,2H3;. The van der Waals surface area contributed by atoms with E-state index < -0.39 is 6.68 Å². The number of unbranched alkanes of at least 4 members (excludes halogenated alkanes) is 9. The van der Waals surface area contributed by atoms with Gasteiger partial charge in [-0.2, -0.15) is 13.2 Å². The Balaban J connectivity index is 0. The van der Waals surface area contributed by atoms with Crippen molar-refractivity contribution in [3.63, 3.8) is 0 Å². The molecule has 0 N–H and O–H groups in total. The highest BCUT2D eigenvalue weighted by Crippen LogP contribution is 2.09. The van der Waals surface area contributed by atoms with Crippen molar-refractivity contribution in [1.29, 1.82) is 0 Å². The average molecular weight is 238 g/mol. The molecule has 0 fully saturated rings. The molecule has 0 nitrogen and oxygen atoms in total. The first kappa shape index (κ1) is 18.2. The van der Waals surface area contributed by atoms with Crippen molar-refractivity contribution < 1.29 is 13.2 Å². The first-order valence-electron chi connectivity index (χ1n) is 6.27. The fourth-order valence-corrected chi connectivity index (χ4v) is 1.49. The highest BCUT2D eigenvalue weighted by molar-refractivity contribution is 4.47. The molecule has 0 aromatic carbocycles. The van der Waals surface area contributed by atoms with Crippen LogP contribution in [0.3, 0.4) is 0 Å². The number of rotatable bonds is 9. The van der Waals surface area contributed by atoms with Gasteiger partial charge in [-0.1, -0.05) is 78.1 Å². The van der Waals surface area contributed by atoms with Crippen molar-refractivity contribution in [1.82, 2.24) is 0 Å². The second-order valence-electron chi connectivity index (χ2n) is 3.90. The normalized spacial score (nSPS) is 10.1. The van der Waals surface area contributed by atoms with Crippen LogP contribution in [0.15, 0.2) is 0 Å². The smallest absolute Gasteiger partial charge is 0.162 e. The van der Waals surface area contributed by atoms with E-state index in [1.165, 1.54) is 57.8 Å². The predicted octanol–water partition coefficient (Wildman–Crippen LogP) is 6.08. The summed E-state index contributed by atoms with van der Waals surface area (Å²) in [5.74, 6) is 0. The zero-order valence-corrected chi connectivity index (χ0v) is 10.4. The van der Waals surface area contributed by atoms with Gasteiger partial charge in [-0.15, -0.1) is 0 Å². The van der Waals surface area contributed by atoms with Crippen LogP contribution in [0, 0.1) is 13.6 Å². The molecule has 0 amide bonds. The summed E-state index contributed by atoms with van der Waals surface area (Å²) >= 11 is 0. The van der Waals surface area contributed by atoms with Crippen LogP contribution >= 0.6 is 0 Å². The number of hydrogen-bond donors (Lipinski definition) is 0. The monoisotopic (exact) mass is 238 g/mol. The van der Waals surface area contributed by atoms with Gasteiger partial charge in [-0.05, 0) is 0 Å². The van der Waals surface area contributed by atoms with Gasteiger partial charge in [-0.3, -0.25) is 0 Å². The quantitative estimate of drug-likeness (QED) is 0.427. The third-order valence-electron chi connectivity index (χ3n) is 2.35. The lowest BCUT2D eigenvalue weighted by Gasteiger charge is -1.99. The van der Waals surface area contributed by atoms with E-state index in [1.807, 2.05) is 0 Å². The molecular weight excluding hydrogens is 213 g/mol. The van der Waals surface area contributed by atoms with Crippen LogP contribution in [-0.2, 0) is 0 Å². The minimum Gasteiger partial charge on any atom is -0.162 e. The van der Waals surface area contributed by atoms with Gasteiger partial charge in [-0.25, -0.2) is 0 Å². The first-order chi connectivity index (χ1) is 7.65. The Labute approximate surface area is 98.6 Å². The highest BCUT2D eigenvalue weighted by atomic mass is 19.4. The van der Waals surface area contributed by atoms with Crippen LogP contribution in [-0.4, -0.2) is 0 Å². The van der Waals surface area contributed by atoms with E-state index in [1.54, 1.807) is 0 Å². The molecule has 98 valence electrons. The lowest BCUT2D eigenvalue weighted by atomic mass is 10.1. The molecule has 0 aliphatic rings. The summed E-state index contributed by atoms with van der Waals surface area (Å²) in [6, 6.07) is 0. The maximum atomic E-state index is 9.58. The maximum absolute atomic E-state index is 9.58. The Hall–Kier alpha value is -0.210. The van der Waals surface area contributed by atoms with Crippen LogP contribution in [0.5, 0.6) is 0 Å². The van der Waals surface area contributed by atoms with E-state index in [9.17, 15) is 13.2 Å². The minimum atomic E-state index is -3.08. The van der Waals surface area contributed by atoms with Crippen molar-refractivity contribution in [2.45, 2.75) is 71.1 Å². The van der Waals surface area contributed by atoms with Crippen LogP contribution in [0.1, 0.15) is 71.1 Å². The molecule has 0 saturated carbocycles. The molecule has 0 aromatic heterocycles. The molecule has 0 aliphatic carbocycles. The Bertz CT molecular complexity index is 92.6. The summed E-state index contributed by atoms with van der Waals surface area (Å²) in [4.78, 5) is 0. The Morgan fingerprint density at radius 2 is 1.06 bits per heavy atom. The summed E-state index contributed by atoms with van der Waals surface area (Å²) in [5.41, 5.74) is 0. The Morgan fingerprint density at radius 3 is 1.38 bits per heavy atom. The lowest BCUT2D eigenvalue weighted by Crippen LogP contribution is -1.80. The molecule has 0 heterocycles. The molecule has 0 aliphatic heterocycles. The van der Waals surface area contributed by atoms with Gasteiger partial charge >= 0.3 is 6.68 Å². The van der Waals surface area contributed by atoms with Crippen LogP contribution < -0.4 is 0 Å². The van der Waals surface area contributed by atoms with E-state index in [4.69, 9.17) is 0 Å². The largest absolute Gasteiger partial charge is 0.487 e. The molecule has 16 heavy (non-hydrogen) atoms. The minimum absolute atomic E-state index is 1.12. The molecule has 0 aromatic rings. The summed E-state index contributed by atoms with van der Waals surface area (Å²) in [7, 11) is 0. The van der Waals surface area contributed by atoms with Gasteiger partial charge in [0.05, 0.1) is 0 Å². The molecule has 0 rings (SSSR count). The van der Waals surface area contributed by atoms with Crippen LogP contribution in [0.4, 0.5) is 13.2 Å². The third-order valence-corrected chi connectivity index (χ3v) is 2.35. The van der Waals surface area contributed by atoms with E-state index in [2.05, 4.69) is 13.8 Å². The lowest BCUT2D eigenvalue weighted by molar-refractivity contribution is 0.142. The van der Waals surface area contributed by atoms with Gasteiger partial charge in [0.25, 0.3) is 0 Å². The van der Waals surface area contributed by atoms with Crippen molar-refractivity contribution in [3.05, 3.63) is 13.6 Å². The molecule has 0 bridgehead atoms. The van der Waals surface area contributed by atoms with Gasteiger partial charge in [0, 0.05) is 0 Å². The fraction of sp³-hybridized carbons (Fsp3) is 0.846. The molecule has 3 heteroatoms. The van der Waals surface area contributed by atoms with Crippen molar-refractivity contribution in [2.24, 2.45) is 0 Å². The van der Waals surface area contributed by atoms with Crippen molar-refractivity contribution in [2.75, 3.05) is 0 Å². The molecule has 0 saturated heterocycles. The zero-order chi connectivity index (χ0) is 12.6. The molecule has 0 unspecified atom stereocenters. The molecular formula is C13H25F3. The van der Waals surface area contributed by atoms with Gasteiger partial charge in [0.2, 0.25) is 0 Å². The number of hydrogen-bond acceptors (Lipinski definition) is 0. The predicted molar refractivity (Wildman–Crippen MR) is 63.8 cm³/mol. The maximum Gasteiger partial charge on any atom is 0.487 e. The molecule has 0 spiro atoms. The summed E-state index contributed by atoms with van der Waals surface area (Å²) in [6.07, 6.45) is 13.9. The highest BCUT2D eigenvalue weighted by Gasteiger charge is 1.93. The van der Waals surface area contributed by atoms with Crippen molar-refractivity contribution >= 4 is 0 Å². The van der Waals surface area contributed by atoms with Crippen LogP contribution in [0.2, 0.25) is 0 Å². The zero-order valence-electron chi connectivity index (χ0n) is 10.4. The van der Waals surface area contributed by atoms with Gasteiger partial charge in [0.1, 0.15) is 0 Å². The summed E-state index contributed by atoms with van der Waals surface area (Å²) < 4.78 is 28.8. The van der Waals surface area contributed by atoms with E-state index in [-0.39, 0.29) is 0 Å². The van der Waals surface area contributed by atoms with E-state index >= 15 is 0 Å². The van der Waals surface area contributed by atoms with E-state index in [0.29, 0.717) is 0 Å². The third kappa shape index (κ3) is 29.2. The van der Waals surface area contributed by atoms with Gasteiger partial charge < -0.3 is 0 Å². The average Bonchev–Trinajstić information content (AvgIpc) is 2.21. The van der Waals surface area contributed by atoms with E-state index in [0.717, 1.165) is 6.42 Å². The molecule has 2 radical (unpaired) electrons. The van der Waals surface area contributed by atoms with Crippen molar-refractivity contribution in [3.8, 4) is 0 Å². The fourth-order valence-electron chi connectivity index (χ4n) is 1.49. The number of halogens is 3. The Morgan fingerprint density at radius 1 is 0.750 bits per heavy atom. The second kappa shape index (κ2) is 17.2. The summed E-state index contributed by atoms with van der Waals surface area (Å²) in [5, 5.41) is 0. The molecule has 0 atom stereocenters. The Kier molecular flexibility index (Phi) is 19.5. The van der Waals surface area contributed by atoms with Gasteiger partial charge in [0.15, 0.2) is 0 Å². The second-order valence-corrected chi connectivity index (χ2v) is 3.90.